The highest BCUT2D eigenvalue weighted by Crippen LogP contribution is 2.39. The molecule has 0 fully saturated rings. The zero-order chi connectivity index (χ0) is 26.2. The third kappa shape index (κ3) is 6.04. The van der Waals surface area contributed by atoms with Crippen LogP contribution in [0.4, 0.5) is 0 Å². The molecule has 0 atom stereocenters. The third-order valence-corrected chi connectivity index (χ3v) is 6.39. The van der Waals surface area contributed by atoms with Gasteiger partial charge in [-0.25, -0.2) is 5.43 Å². The second kappa shape index (κ2) is 12.3. The van der Waals surface area contributed by atoms with Gasteiger partial charge in [-0.3, -0.25) is 9.36 Å². The Morgan fingerprint density at radius 3 is 2.38 bits per heavy atom. The van der Waals surface area contributed by atoms with Gasteiger partial charge in [-0.2, -0.15) is 5.10 Å². The van der Waals surface area contributed by atoms with E-state index in [1.54, 1.807) is 31.4 Å². The minimum absolute atomic E-state index is 0.0704. The largest absolute Gasteiger partial charge is 0.493 e. The number of methoxy groups -OCH3 is 3. The van der Waals surface area contributed by atoms with Crippen LogP contribution in [0.1, 0.15) is 5.56 Å². The van der Waals surface area contributed by atoms with Crippen molar-refractivity contribution in [2.24, 2.45) is 5.10 Å². The quantitative estimate of drug-likeness (QED) is 0.175. The van der Waals surface area contributed by atoms with Gasteiger partial charge in [-0.1, -0.05) is 53.7 Å². The fraction of sp³-hybridized carbons (Fsp3) is 0.154. The summed E-state index contributed by atoms with van der Waals surface area (Å²) in [6.07, 6.45) is 1.48. The zero-order valence-corrected chi connectivity index (χ0v) is 21.9. The molecule has 1 aromatic heterocycles. The van der Waals surface area contributed by atoms with E-state index in [-0.39, 0.29) is 11.7 Å². The maximum absolute atomic E-state index is 12.6. The van der Waals surface area contributed by atoms with Gasteiger partial charge in [0.15, 0.2) is 22.5 Å². The number of carbonyl (C=O) groups is 1. The van der Waals surface area contributed by atoms with Crippen LogP contribution in [0.25, 0.3) is 17.1 Å². The van der Waals surface area contributed by atoms with Gasteiger partial charge in [0, 0.05) is 21.8 Å². The molecule has 0 unspecified atom stereocenters. The summed E-state index contributed by atoms with van der Waals surface area (Å²) in [4.78, 5) is 12.6. The average Bonchev–Trinajstić information content (AvgIpc) is 3.36. The van der Waals surface area contributed by atoms with E-state index in [1.165, 1.54) is 32.2 Å². The molecule has 37 heavy (non-hydrogen) atoms. The van der Waals surface area contributed by atoms with Crippen LogP contribution in [-0.2, 0) is 4.79 Å². The minimum Gasteiger partial charge on any atom is -0.493 e. The van der Waals surface area contributed by atoms with Gasteiger partial charge in [-0.05, 0) is 36.4 Å². The molecule has 9 nitrogen and oxygen atoms in total. The number of benzene rings is 3. The van der Waals surface area contributed by atoms with Gasteiger partial charge >= 0.3 is 0 Å². The number of carbonyl (C=O) groups excluding carboxylic acids is 1. The van der Waals surface area contributed by atoms with E-state index < -0.39 is 0 Å². The monoisotopic (exact) mass is 537 g/mol. The molecule has 0 radical (unpaired) electrons. The van der Waals surface area contributed by atoms with E-state index in [4.69, 9.17) is 25.8 Å². The van der Waals surface area contributed by atoms with Gasteiger partial charge in [0.1, 0.15) is 0 Å². The first-order chi connectivity index (χ1) is 18.0. The lowest BCUT2D eigenvalue weighted by molar-refractivity contribution is -0.118. The van der Waals surface area contributed by atoms with Gasteiger partial charge in [-0.15, -0.1) is 10.2 Å². The lowest BCUT2D eigenvalue weighted by Crippen LogP contribution is -2.20. The molecule has 0 aliphatic heterocycles. The molecule has 1 N–H and O–H groups in total. The van der Waals surface area contributed by atoms with E-state index in [0.29, 0.717) is 38.8 Å². The Hall–Kier alpha value is -4.02. The Kier molecular flexibility index (Phi) is 8.65. The van der Waals surface area contributed by atoms with Crippen LogP contribution in [0, 0.1) is 0 Å². The number of nitrogens with zero attached hydrogens (tertiary/aromatic N) is 4. The van der Waals surface area contributed by atoms with Crippen molar-refractivity contribution in [2.45, 2.75) is 5.16 Å². The predicted molar refractivity (Wildman–Crippen MR) is 144 cm³/mol. The van der Waals surface area contributed by atoms with Crippen LogP contribution in [0.15, 0.2) is 77.0 Å². The summed E-state index contributed by atoms with van der Waals surface area (Å²) in [5, 5.41) is 14.0. The zero-order valence-electron chi connectivity index (χ0n) is 20.3. The fourth-order valence-corrected chi connectivity index (χ4v) is 4.39. The number of thioether (sulfide) groups is 1. The van der Waals surface area contributed by atoms with Gasteiger partial charge in [0.05, 0.1) is 33.3 Å². The van der Waals surface area contributed by atoms with E-state index >= 15 is 0 Å². The van der Waals surface area contributed by atoms with Crippen LogP contribution < -0.4 is 19.6 Å². The van der Waals surface area contributed by atoms with Crippen LogP contribution in [0.3, 0.4) is 0 Å². The minimum atomic E-state index is -0.312. The highest BCUT2D eigenvalue weighted by atomic mass is 35.5. The van der Waals surface area contributed by atoms with E-state index in [2.05, 4.69) is 20.7 Å². The van der Waals surface area contributed by atoms with Crippen molar-refractivity contribution in [3.8, 4) is 34.3 Å². The van der Waals surface area contributed by atoms with Crippen molar-refractivity contribution in [3.05, 3.63) is 77.3 Å². The third-order valence-electron chi connectivity index (χ3n) is 5.21. The number of hydrogen-bond donors (Lipinski definition) is 1. The molecule has 1 amide bonds. The Balaban J connectivity index is 1.49. The Morgan fingerprint density at radius 2 is 1.70 bits per heavy atom. The average molecular weight is 538 g/mol. The number of amides is 1. The molecule has 0 spiro atoms. The highest BCUT2D eigenvalue weighted by Gasteiger charge is 2.18. The summed E-state index contributed by atoms with van der Waals surface area (Å²) in [6, 6.07) is 20.5. The lowest BCUT2D eigenvalue weighted by Gasteiger charge is -2.13. The maximum atomic E-state index is 12.6. The lowest BCUT2D eigenvalue weighted by atomic mass is 10.2. The Morgan fingerprint density at radius 1 is 0.973 bits per heavy atom. The molecule has 1 heterocycles. The van der Waals surface area contributed by atoms with Crippen molar-refractivity contribution >= 4 is 35.5 Å². The number of halogens is 1. The smallest absolute Gasteiger partial charge is 0.250 e. The second-order valence-corrected chi connectivity index (χ2v) is 8.87. The molecule has 4 rings (SSSR count). The van der Waals surface area contributed by atoms with Crippen LogP contribution in [-0.4, -0.2) is 54.0 Å². The topological polar surface area (TPSA) is 99.9 Å². The first-order valence-corrected chi connectivity index (χ1v) is 12.4. The maximum Gasteiger partial charge on any atom is 0.250 e. The highest BCUT2D eigenvalue weighted by molar-refractivity contribution is 7.99. The van der Waals surface area contributed by atoms with Crippen LogP contribution >= 0.6 is 23.4 Å². The van der Waals surface area contributed by atoms with Gasteiger partial charge in [0.2, 0.25) is 5.75 Å². The number of hydrogen-bond acceptors (Lipinski definition) is 8. The summed E-state index contributed by atoms with van der Waals surface area (Å²) >= 11 is 7.33. The summed E-state index contributed by atoms with van der Waals surface area (Å²) in [5.74, 6) is 1.82. The fourth-order valence-electron chi connectivity index (χ4n) is 3.52. The Labute approximate surface area is 223 Å². The van der Waals surface area contributed by atoms with Crippen molar-refractivity contribution in [1.82, 2.24) is 20.2 Å². The molecule has 11 heteroatoms. The molecule has 0 aliphatic rings. The normalized spacial score (nSPS) is 10.9. The predicted octanol–water partition coefficient (Wildman–Crippen LogP) is 4.86. The molecular weight excluding hydrogens is 514 g/mol. The summed E-state index contributed by atoms with van der Waals surface area (Å²) in [7, 11) is 4.58. The first-order valence-electron chi connectivity index (χ1n) is 11.1. The van der Waals surface area contributed by atoms with Crippen molar-refractivity contribution in [2.75, 3.05) is 27.1 Å². The summed E-state index contributed by atoms with van der Waals surface area (Å²) in [5.41, 5.74) is 4.87. The number of hydrazone groups is 1. The van der Waals surface area contributed by atoms with E-state index in [1.807, 2.05) is 47.0 Å². The van der Waals surface area contributed by atoms with E-state index in [9.17, 15) is 4.79 Å². The molecule has 0 aliphatic carbocycles. The number of nitrogens with one attached hydrogen (secondary N) is 1. The second-order valence-electron chi connectivity index (χ2n) is 7.49. The Bertz CT molecular complexity index is 1390. The summed E-state index contributed by atoms with van der Waals surface area (Å²) < 4.78 is 18.0. The molecule has 0 saturated carbocycles. The van der Waals surface area contributed by atoms with Crippen molar-refractivity contribution < 1.29 is 19.0 Å². The summed E-state index contributed by atoms with van der Waals surface area (Å²) in [6.45, 7) is 0. The number of rotatable bonds is 10. The first kappa shape index (κ1) is 26.1. The molecule has 0 bridgehead atoms. The number of ether oxygens (including phenoxy) is 3. The van der Waals surface area contributed by atoms with Crippen molar-refractivity contribution in [3.63, 3.8) is 0 Å². The van der Waals surface area contributed by atoms with E-state index in [0.717, 1.165) is 11.3 Å². The molecule has 190 valence electrons. The molecule has 3 aromatic carbocycles. The van der Waals surface area contributed by atoms with Crippen molar-refractivity contribution in [1.29, 1.82) is 0 Å². The standard InChI is InChI=1S/C26H24ClN5O4S/c1-34-21-14-9-18(23(35-2)24(21)36-3)15-28-29-22(33)16-37-26-31-30-25(17-7-5-4-6-8-17)32(26)20-12-10-19(27)11-13-20/h4-15H,16H2,1-3H3,(H,29,33). The van der Waals surface area contributed by atoms with Gasteiger partial charge in [0.25, 0.3) is 5.91 Å². The molecular formula is C26H24ClN5O4S. The number of aromatic nitrogens is 3. The van der Waals surface area contributed by atoms with Crippen LogP contribution in [0.2, 0.25) is 5.02 Å². The molecule has 0 saturated heterocycles. The van der Waals surface area contributed by atoms with Crippen LogP contribution in [0.5, 0.6) is 17.2 Å². The SMILES string of the molecule is COc1ccc(C=NNC(=O)CSc2nnc(-c3ccccc3)n2-c2ccc(Cl)cc2)c(OC)c1OC. The molecule has 4 aromatic rings. The van der Waals surface area contributed by atoms with Gasteiger partial charge < -0.3 is 14.2 Å².